The van der Waals surface area contributed by atoms with E-state index in [9.17, 15) is 4.91 Å². The highest BCUT2D eigenvalue weighted by Gasteiger charge is 2.19. The third kappa shape index (κ3) is 2.13. The fourth-order valence-corrected chi connectivity index (χ4v) is 2.39. The van der Waals surface area contributed by atoms with E-state index in [-0.39, 0.29) is 0 Å². The van der Waals surface area contributed by atoms with Gasteiger partial charge in [0.15, 0.2) is 0 Å². The molecule has 12 heavy (non-hydrogen) atoms. The van der Waals surface area contributed by atoms with E-state index in [1.165, 1.54) is 0 Å². The van der Waals surface area contributed by atoms with Gasteiger partial charge in [-0.25, -0.2) is 0 Å². The lowest BCUT2D eigenvalue weighted by Crippen LogP contribution is -2.34. The van der Waals surface area contributed by atoms with Crippen LogP contribution in [-0.2, 0) is 0 Å². The minimum Gasteiger partial charge on any atom is -0.302 e. The first-order chi connectivity index (χ1) is 5.65. The van der Waals surface area contributed by atoms with E-state index in [0.29, 0.717) is 15.7 Å². The van der Waals surface area contributed by atoms with Crippen molar-refractivity contribution in [2.24, 2.45) is 5.18 Å². The van der Waals surface area contributed by atoms with Crippen molar-refractivity contribution < 1.29 is 0 Å². The molecule has 4 heteroatoms. The second-order valence-corrected chi connectivity index (χ2v) is 4.38. The predicted octanol–water partition coefficient (Wildman–Crippen LogP) is 1.94. The van der Waals surface area contributed by atoms with Gasteiger partial charge in [0.25, 0.3) is 0 Å². The molecule has 1 rings (SSSR count). The van der Waals surface area contributed by atoms with Gasteiger partial charge in [-0.2, -0.15) is 0 Å². The molecule has 0 bridgehead atoms. The van der Waals surface area contributed by atoms with Crippen LogP contribution >= 0.6 is 22.6 Å². The number of nitroso groups, excluding NO2 is 1. The van der Waals surface area contributed by atoms with Crippen LogP contribution in [0.15, 0.2) is 29.1 Å². The number of hydrogen-bond acceptors (Lipinski definition) is 3. The molecule has 66 valence electrons. The average molecular weight is 278 g/mol. The van der Waals surface area contributed by atoms with E-state index in [1.54, 1.807) is 6.08 Å². The van der Waals surface area contributed by atoms with E-state index in [1.807, 2.05) is 26.2 Å². The van der Waals surface area contributed by atoms with Crippen LogP contribution in [0.5, 0.6) is 0 Å². The van der Waals surface area contributed by atoms with E-state index in [4.69, 9.17) is 0 Å². The van der Waals surface area contributed by atoms with E-state index in [0.717, 1.165) is 0 Å². The molecule has 3 nitrogen and oxygen atoms in total. The van der Waals surface area contributed by atoms with Crippen molar-refractivity contribution >= 4 is 22.6 Å². The Morgan fingerprint density at radius 2 is 2.25 bits per heavy atom. The van der Waals surface area contributed by atoms with Crippen molar-refractivity contribution in [3.8, 4) is 0 Å². The molecule has 1 unspecified atom stereocenters. The minimum atomic E-state index is 0.329. The maximum absolute atomic E-state index is 10.2. The predicted molar refractivity (Wildman–Crippen MR) is 58.3 cm³/mol. The fraction of sp³-hybridized carbons (Fsp3) is 0.500. The summed E-state index contributed by atoms with van der Waals surface area (Å²) in [6.07, 6.45) is 5.67. The number of halogens is 1. The van der Waals surface area contributed by atoms with Gasteiger partial charge in [-0.15, -0.1) is 4.91 Å². The standard InChI is InChI=1S/C8H11IN2O/c1-11(2)8-4-3-6(10-12)5-7(8)9/h3-5,7-8H,1-2H3/t7-,8?/m1/s1. The monoisotopic (exact) mass is 278 g/mol. The number of rotatable bonds is 2. The summed E-state index contributed by atoms with van der Waals surface area (Å²) >= 11 is 2.30. The largest absolute Gasteiger partial charge is 0.302 e. The summed E-state index contributed by atoms with van der Waals surface area (Å²) in [5.41, 5.74) is 0.535. The Labute approximate surface area is 85.6 Å². The van der Waals surface area contributed by atoms with Gasteiger partial charge in [-0.1, -0.05) is 28.7 Å². The maximum Gasteiger partial charge on any atom is 0.104 e. The topological polar surface area (TPSA) is 32.7 Å². The van der Waals surface area contributed by atoms with Crippen LogP contribution in [0.3, 0.4) is 0 Å². The Bertz CT molecular complexity index is 235. The molecule has 0 amide bonds. The molecular weight excluding hydrogens is 267 g/mol. The summed E-state index contributed by atoms with van der Waals surface area (Å²) in [5, 5.41) is 2.89. The van der Waals surface area contributed by atoms with Crippen molar-refractivity contribution in [1.82, 2.24) is 4.90 Å². The van der Waals surface area contributed by atoms with Crippen molar-refractivity contribution in [2.75, 3.05) is 14.1 Å². The number of alkyl halides is 1. The molecular formula is C8H11IN2O. The number of nitrogens with zero attached hydrogens (tertiary/aromatic N) is 2. The van der Waals surface area contributed by atoms with Gasteiger partial charge >= 0.3 is 0 Å². The molecule has 0 radical (unpaired) electrons. The van der Waals surface area contributed by atoms with Gasteiger partial charge in [0.1, 0.15) is 5.70 Å². The maximum atomic E-state index is 10.2. The molecule has 0 aromatic rings. The normalized spacial score (nSPS) is 28.8. The lowest BCUT2D eigenvalue weighted by molar-refractivity contribution is 0.353. The summed E-state index contributed by atoms with van der Waals surface area (Å²) < 4.78 is 0.329. The highest BCUT2D eigenvalue weighted by atomic mass is 127. The van der Waals surface area contributed by atoms with Gasteiger partial charge in [-0.05, 0) is 31.4 Å². The van der Waals surface area contributed by atoms with E-state index in [2.05, 4.69) is 32.7 Å². The number of hydrogen-bond donors (Lipinski definition) is 0. The lowest BCUT2D eigenvalue weighted by Gasteiger charge is -2.26. The summed E-state index contributed by atoms with van der Waals surface area (Å²) in [6, 6.07) is 0.371. The van der Waals surface area contributed by atoms with Crippen molar-refractivity contribution in [1.29, 1.82) is 0 Å². The third-order valence-corrected chi connectivity index (χ3v) is 2.92. The zero-order valence-electron chi connectivity index (χ0n) is 7.07. The third-order valence-electron chi connectivity index (χ3n) is 1.82. The van der Waals surface area contributed by atoms with Crippen LogP contribution < -0.4 is 0 Å². The Balaban J connectivity index is 2.74. The molecule has 0 aromatic carbocycles. The second kappa shape index (κ2) is 4.13. The molecule has 0 saturated heterocycles. The van der Waals surface area contributed by atoms with Crippen molar-refractivity contribution in [3.63, 3.8) is 0 Å². The van der Waals surface area contributed by atoms with Gasteiger partial charge in [0, 0.05) is 6.04 Å². The molecule has 0 heterocycles. The zero-order chi connectivity index (χ0) is 9.14. The molecule has 0 N–H and O–H groups in total. The average Bonchev–Trinajstić information content (AvgIpc) is 2.03. The Morgan fingerprint density at radius 1 is 1.58 bits per heavy atom. The van der Waals surface area contributed by atoms with Gasteiger partial charge in [0.2, 0.25) is 0 Å². The highest BCUT2D eigenvalue weighted by Crippen LogP contribution is 2.21. The zero-order valence-corrected chi connectivity index (χ0v) is 9.22. The van der Waals surface area contributed by atoms with E-state index < -0.39 is 0 Å². The minimum absolute atomic E-state index is 0.329. The van der Waals surface area contributed by atoms with Crippen LogP contribution in [0.1, 0.15) is 0 Å². The smallest absolute Gasteiger partial charge is 0.104 e. The summed E-state index contributed by atoms with van der Waals surface area (Å²) in [7, 11) is 4.04. The van der Waals surface area contributed by atoms with Gasteiger partial charge in [-0.3, -0.25) is 0 Å². The number of likely N-dealkylation sites (N-methyl/N-ethyl adjacent to an activating group) is 1. The molecule has 1 aliphatic rings. The van der Waals surface area contributed by atoms with Crippen molar-refractivity contribution in [2.45, 2.75) is 9.97 Å². The first kappa shape index (κ1) is 9.85. The van der Waals surface area contributed by atoms with Gasteiger partial charge in [0.05, 0.1) is 3.92 Å². The Hall–Kier alpha value is -0.230. The Morgan fingerprint density at radius 3 is 2.67 bits per heavy atom. The molecule has 0 aromatic heterocycles. The van der Waals surface area contributed by atoms with Crippen LogP contribution in [0, 0.1) is 4.91 Å². The molecule has 0 spiro atoms. The SMILES string of the molecule is CN(C)C1C=CC(N=O)=C[C@H]1I. The van der Waals surface area contributed by atoms with Crippen LogP contribution in [-0.4, -0.2) is 29.0 Å². The summed E-state index contributed by atoms with van der Waals surface area (Å²) in [6.45, 7) is 0. The molecule has 1 aliphatic carbocycles. The number of allylic oxidation sites excluding steroid dienone is 1. The lowest BCUT2D eigenvalue weighted by atomic mass is 10.1. The summed E-state index contributed by atoms with van der Waals surface area (Å²) in [4.78, 5) is 12.3. The molecule has 0 aliphatic heterocycles. The van der Waals surface area contributed by atoms with Crippen LogP contribution in [0.4, 0.5) is 0 Å². The van der Waals surface area contributed by atoms with Crippen LogP contribution in [0.25, 0.3) is 0 Å². The van der Waals surface area contributed by atoms with Crippen LogP contribution in [0.2, 0.25) is 0 Å². The quantitative estimate of drug-likeness (QED) is 0.439. The fourth-order valence-electron chi connectivity index (χ4n) is 1.14. The van der Waals surface area contributed by atoms with Gasteiger partial charge < -0.3 is 4.90 Å². The first-order valence-electron chi connectivity index (χ1n) is 3.69. The first-order valence-corrected chi connectivity index (χ1v) is 4.93. The van der Waals surface area contributed by atoms with Crippen molar-refractivity contribution in [3.05, 3.63) is 28.8 Å². The summed E-state index contributed by atoms with van der Waals surface area (Å²) in [5.74, 6) is 0. The molecule has 0 saturated carbocycles. The Kier molecular flexibility index (Phi) is 3.39. The van der Waals surface area contributed by atoms with E-state index >= 15 is 0 Å². The molecule has 2 atom stereocenters. The second-order valence-electron chi connectivity index (χ2n) is 2.94. The molecule has 0 fully saturated rings. The highest BCUT2D eigenvalue weighted by molar-refractivity contribution is 14.1.